The lowest BCUT2D eigenvalue weighted by Crippen LogP contribution is -2.11. The van der Waals surface area contributed by atoms with Crippen molar-refractivity contribution in [3.63, 3.8) is 0 Å². The molecule has 0 radical (unpaired) electrons. The zero-order valence-electron chi connectivity index (χ0n) is 21.2. The minimum absolute atomic E-state index is 0.239. The van der Waals surface area contributed by atoms with Crippen molar-refractivity contribution in [2.75, 3.05) is 11.1 Å². The minimum atomic E-state index is -0.259. The molecule has 0 aliphatic rings. The van der Waals surface area contributed by atoms with Gasteiger partial charge < -0.3 is 11.1 Å². The van der Waals surface area contributed by atoms with Crippen LogP contribution in [0.1, 0.15) is 36.1 Å². The van der Waals surface area contributed by atoms with E-state index in [1.165, 1.54) is 24.3 Å². The van der Waals surface area contributed by atoms with E-state index in [2.05, 4.69) is 82.9 Å². The summed E-state index contributed by atoms with van der Waals surface area (Å²) >= 11 is 13.8. The highest BCUT2D eigenvalue weighted by Gasteiger charge is 2.14. The normalized spacial score (nSPS) is 10.4. The molecule has 3 N–H and O–H groups in total. The van der Waals surface area contributed by atoms with E-state index in [4.69, 9.17) is 5.73 Å². The maximum absolute atomic E-state index is 13.2. The van der Waals surface area contributed by atoms with E-state index in [-0.39, 0.29) is 11.6 Å². The quantitative estimate of drug-likeness (QED) is 0.191. The second-order valence-electron chi connectivity index (χ2n) is 8.72. The number of benzene rings is 4. The van der Waals surface area contributed by atoms with Gasteiger partial charge in [-0.3, -0.25) is 0 Å². The highest BCUT2D eigenvalue weighted by molar-refractivity contribution is 9.28. The molecule has 0 saturated carbocycles. The SMILES string of the molecule is CC(C)Nc1ccccc1C(=C(Br)Br)c1ccc(F)cc1.Nc1ccccc1C(=C(Br)Br)c1ccc(F)cc1. The molecule has 0 spiro atoms. The number of rotatable bonds is 6. The van der Waals surface area contributed by atoms with Crippen molar-refractivity contribution < 1.29 is 8.78 Å². The van der Waals surface area contributed by atoms with E-state index in [0.29, 0.717) is 11.7 Å². The number of nitrogens with two attached hydrogens (primary N) is 1. The Labute approximate surface area is 261 Å². The Bertz CT molecular complexity index is 1460. The molecule has 0 saturated heterocycles. The van der Waals surface area contributed by atoms with Crippen molar-refractivity contribution in [2.45, 2.75) is 19.9 Å². The maximum Gasteiger partial charge on any atom is 0.123 e. The molecule has 202 valence electrons. The van der Waals surface area contributed by atoms with Gasteiger partial charge in [-0.05, 0) is 125 Å². The lowest BCUT2D eigenvalue weighted by molar-refractivity contribution is 0.627. The third-order valence-electron chi connectivity index (χ3n) is 5.51. The van der Waals surface area contributed by atoms with Crippen molar-refractivity contribution in [3.8, 4) is 0 Å². The van der Waals surface area contributed by atoms with E-state index < -0.39 is 0 Å². The van der Waals surface area contributed by atoms with Crippen LogP contribution in [0.2, 0.25) is 0 Å². The summed E-state index contributed by atoms with van der Waals surface area (Å²) in [6.45, 7) is 4.20. The molecule has 0 aromatic heterocycles. The van der Waals surface area contributed by atoms with E-state index in [0.717, 1.165) is 45.9 Å². The molecule has 0 bridgehead atoms. The first kappa shape index (κ1) is 31.3. The second-order valence-corrected chi connectivity index (χ2v) is 14.0. The summed E-state index contributed by atoms with van der Waals surface area (Å²) in [5, 5.41) is 3.44. The summed E-state index contributed by atoms with van der Waals surface area (Å²) in [7, 11) is 0. The zero-order valence-corrected chi connectivity index (χ0v) is 27.5. The zero-order chi connectivity index (χ0) is 28.5. The van der Waals surface area contributed by atoms with Gasteiger partial charge >= 0.3 is 0 Å². The van der Waals surface area contributed by atoms with E-state index >= 15 is 0 Å². The number of nitrogens with one attached hydrogen (secondary N) is 1. The number of para-hydroxylation sites is 2. The first-order valence-corrected chi connectivity index (χ1v) is 15.1. The van der Waals surface area contributed by atoms with Crippen LogP contribution in [0.4, 0.5) is 20.2 Å². The molecule has 0 amide bonds. The number of anilines is 2. The van der Waals surface area contributed by atoms with Crippen LogP contribution in [0.5, 0.6) is 0 Å². The van der Waals surface area contributed by atoms with Gasteiger partial charge in [0, 0.05) is 39.7 Å². The van der Waals surface area contributed by atoms with Crippen LogP contribution in [0.15, 0.2) is 104 Å². The Hall–Kier alpha value is -2.26. The first-order chi connectivity index (χ1) is 18.6. The van der Waals surface area contributed by atoms with Gasteiger partial charge in [0.05, 0.1) is 6.78 Å². The summed E-state index contributed by atoms with van der Waals surface area (Å²) in [5.74, 6) is -0.498. The molecule has 4 aromatic rings. The van der Waals surface area contributed by atoms with Gasteiger partial charge in [0.1, 0.15) is 11.6 Å². The van der Waals surface area contributed by atoms with Crippen LogP contribution in [0.3, 0.4) is 0 Å². The molecule has 4 rings (SSSR count). The molecule has 0 fully saturated rings. The fourth-order valence-electron chi connectivity index (χ4n) is 3.83. The number of hydrogen-bond acceptors (Lipinski definition) is 2. The molecule has 4 aromatic carbocycles. The third-order valence-corrected chi connectivity index (χ3v) is 7.10. The summed E-state index contributed by atoms with van der Waals surface area (Å²) < 4.78 is 27.7. The van der Waals surface area contributed by atoms with Crippen molar-refractivity contribution in [3.05, 3.63) is 138 Å². The Balaban J connectivity index is 0.000000218. The van der Waals surface area contributed by atoms with Crippen LogP contribution in [-0.2, 0) is 0 Å². The molecule has 0 heterocycles. The van der Waals surface area contributed by atoms with Gasteiger partial charge in [-0.25, -0.2) is 8.78 Å². The summed E-state index contributed by atoms with van der Waals surface area (Å²) in [4.78, 5) is 0. The standard InChI is InChI=1S/C17H16Br2FN.C14H10Br2FN/c1-11(2)21-15-6-4-3-5-14(15)16(17(18)19)12-7-9-13(20)10-8-12;15-14(16)13(9-5-7-10(17)8-6-9)11-3-1-2-4-12(11)18/h3-11,21H,1-2H3;1-8H,18H2. The summed E-state index contributed by atoms with van der Waals surface area (Å²) in [6.07, 6.45) is 0. The molecule has 0 aliphatic carbocycles. The predicted octanol–water partition coefficient (Wildman–Crippen LogP) is 11.1. The van der Waals surface area contributed by atoms with Crippen LogP contribution < -0.4 is 11.1 Å². The fraction of sp³-hybridized carbons (Fsp3) is 0.0968. The maximum atomic E-state index is 13.2. The third kappa shape index (κ3) is 8.87. The fourth-order valence-corrected chi connectivity index (χ4v) is 5.60. The number of halogens is 6. The minimum Gasteiger partial charge on any atom is -0.398 e. The van der Waals surface area contributed by atoms with Crippen LogP contribution in [0.25, 0.3) is 11.1 Å². The Kier molecular flexibility index (Phi) is 12.0. The van der Waals surface area contributed by atoms with Crippen molar-refractivity contribution >= 4 is 86.2 Å². The summed E-state index contributed by atoms with van der Waals surface area (Å²) in [5.41, 5.74) is 13.4. The Morgan fingerprint density at radius 2 is 1.03 bits per heavy atom. The van der Waals surface area contributed by atoms with Gasteiger partial charge in [0.2, 0.25) is 0 Å². The number of hydrogen-bond donors (Lipinski definition) is 2. The molecular weight excluding hydrogens is 758 g/mol. The van der Waals surface area contributed by atoms with Crippen molar-refractivity contribution in [1.29, 1.82) is 0 Å². The molecule has 39 heavy (non-hydrogen) atoms. The van der Waals surface area contributed by atoms with Crippen LogP contribution >= 0.6 is 63.7 Å². The van der Waals surface area contributed by atoms with Crippen molar-refractivity contribution in [1.82, 2.24) is 0 Å². The largest absolute Gasteiger partial charge is 0.398 e. The second kappa shape index (κ2) is 14.9. The molecule has 0 aliphatic heterocycles. The Morgan fingerprint density at radius 3 is 1.46 bits per heavy atom. The lowest BCUT2D eigenvalue weighted by atomic mass is 9.97. The van der Waals surface area contributed by atoms with Gasteiger partial charge in [0.15, 0.2) is 0 Å². The molecule has 2 nitrogen and oxygen atoms in total. The molecular formula is C31H26Br4F2N2. The average molecular weight is 784 g/mol. The van der Waals surface area contributed by atoms with Crippen LogP contribution in [-0.4, -0.2) is 6.04 Å². The smallest absolute Gasteiger partial charge is 0.123 e. The van der Waals surface area contributed by atoms with Crippen LogP contribution in [0, 0.1) is 11.6 Å². The van der Waals surface area contributed by atoms with Gasteiger partial charge in [-0.1, -0.05) is 60.7 Å². The van der Waals surface area contributed by atoms with Crippen molar-refractivity contribution in [2.24, 2.45) is 0 Å². The highest BCUT2D eigenvalue weighted by Crippen LogP contribution is 2.37. The highest BCUT2D eigenvalue weighted by atomic mass is 79.9. The van der Waals surface area contributed by atoms with E-state index in [9.17, 15) is 8.78 Å². The molecule has 8 heteroatoms. The van der Waals surface area contributed by atoms with Gasteiger partial charge in [-0.15, -0.1) is 0 Å². The summed E-state index contributed by atoms with van der Waals surface area (Å²) in [6, 6.07) is 28.8. The lowest BCUT2D eigenvalue weighted by Gasteiger charge is -2.17. The first-order valence-electron chi connectivity index (χ1n) is 11.9. The Morgan fingerprint density at radius 1 is 0.615 bits per heavy atom. The van der Waals surface area contributed by atoms with Gasteiger partial charge in [-0.2, -0.15) is 0 Å². The predicted molar refractivity (Wildman–Crippen MR) is 177 cm³/mol. The topological polar surface area (TPSA) is 38.0 Å². The number of nitrogen functional groups attached to an aromatic ring is 1. The van der Waals surface area contributed by atoms with E-state index in [1.54, 1.807) is 24.3 Å². The van der Waals surface area contributed by atoms with E-state index in [1.807, 2.05) is 48.5 Å². The molecule has 0 atom stereocenters. The average Bonchev–Trinajstić information content (AvgIpc) is 2.88. The molecule has 0 unspecified atom stereocenters. The monoisotopic (exact) mass is 780 g/mol. The van der Waals surface area contributed by atoms with Gasteiger partial charge in [0.25, 0.3) is 0 Å².